The molecule has 0 saturated carbocycles. The van der Waals surface area contributed by atoms with Gasteiger partial charge in [0.25, 0.3) is 5.22 Å². The minimum Gasteiger partial charge on any atom is -0.416 e. The van der Waals surface area contributed by atoms with Gasteiger partial charge in [0.1, 0.15) is 5.25 Å². The Balaban J connectivity index is 1.51. The molecule has 1 aliphatic heterocycles. The van der Waals surface area contributed by atoms with Gasteiger partial charge >= 0.3 is 0 Å². The zero-order valence-electron chi connectivity index (χ0n) is 17.9. The van der Waals surface area contributed by atoms with Gasteiger partial charge in [0.2, 0.25) is 11.8 Å². The molecule has 0 aliphatic carbocycles. The van der Waals surface area contributed by atoms with Gasteiger partial charge in [-0.3, -0.25) is 4.79 Å². The molecule has 32 heavy (non-hydrogen) atoms. The number of anilines is 1. The van der Waals surface area contributed by atoms with E-state index in [0.717, 1.165) is 22.4 Å². The first kappa shape index (κ1) is 22.5. The zero-order valence-corrected chi connectivity index (χ0v) is 19.6. The standard InChI is InChI=1S/C23H25N3O4S2/c1-15-8-9-16(2)19(12-15)24-22(27)21(18-6-4-3-5-7-18)31-23-26-25-20(30-23)13-17-10-11-32(28,29)14-17/h3-9,12,17,21H,10-11,13-14H2,1-2H3,(H,24,27)/t17-,21+/m0/s1. The molecule has 1 amide bonds. The summed E-state index contributed by atoms with van der Waals surface area (Å²) in [5, 5.41) is 10.9. The SMILES string of the molecule is Cc1ccc(C)c(NC(=O)[C@H](Sc2nnc(C[C@@H]3CCS(=O)(=O)C3)o2)c2ccccc2)c1. The molecule has 4 rings (SSSR count). The molecule has 7 nitrogen and oxygen atoms in total. The number of aryl methyl sites for hydroxylation is 2. The molecule has 1 fully saturated rings. The van der Waals surface area contributed by atoms with Crippen LogP contribution in [0.2, 0.25) is 0 Å². The molecule has 0 radical (unpaired) electrons. The van der Waals surface area contributed by atoms with Gasteiger partial charge in [0, 0.05) is 12.1 Å². The van der Waals surface area contributed by atoms with Crippen molar-refractivity contribution in [1.29, 1.82) is 0 Å². The summed E-state index contributed by atoms with van der Waals surface area (Å²) < 4.78 is 29.2. The van der Waals surface area contributed by atoms with Gasteiger partial charge < -0.3 is 9.73 Å². The van der Waals surface area contributed by atoms with E-state index >= 15 is 0 Å². The lowest BCUT2D eigenvalue weighted by molar-refractivity contribution is -0.115. The number of benzene rings is 2. The Kier molecular flexibility index (Phi) is 6.66. The lowest BCUT2D eigenvalue weighted by atomic mass is 10.1. The number of carbonyl (C=O) groups is 1. The van der Waals surface area contributed by atoms with Gasteiger partial charge in [-0.2, -0.15) is 0 Å². The molecule has 2 heterocycles. The quantitative estimate of drug-likeness (QED) is 0.517. The second-order valence-electron chi connectivity index (χ2n) is 8.15. The van der Waals surface area contributed by atoms with Crippen LogP contribution in [0.1, 0.15) is 34.3 Å². The molecule has 2 atom stereocenters. The molecule has 0 bridgehead atoms. The summed E-state index contributed by atoms with van der Waals surface area (Å²) in [7, 11) is -2.96. The average Bonchev–Trinajstić information content (AvgIpc) is 3.34. The van der Waals surface area contributed by atoms with Gasteiger partial charge in [0.15, 0.2) is 9.84 Å². The molecule has 1 aliphatic rings. The Morgan fingerprint density at radius 1 is 1.19 bits per heavy atom. The zero-order chi connectivity index (χ0) is 22.7. The van der Waals surface area contributed by atoms with E-state index in [4.69, 9.17) is 4.42 Å². The molecule has 2 aromatic carbocycles. The van der Waals surface area contributed by atoms with Crippen molar-refractivity contribution in [2.75, 3.05) is 16.8 Å². The van der Waals surface area contributed by atoms with E-state index < -0.39 is 15.1 Å². The molecule has 168 valence electrons. The maximum atomic E-state index is 13.2. The average molecular weight is 472 g/mol. The van der Waals surface area contributed by atoms with Crippen LogP contribution in [-0.2, 0) is 21.1 Å². The van der Waals surface area contributed by atoms with Crippen LogP contribution in [0.5, 0.6) is 0 Å². The Morgan fingerprint density at radius 3 is 2.69 bits per heavy atom. The topological polar surface area (TPSA) is 102 Å². The van der Waals surface area contributed by atoms with E-state index in [1.165, 1.54) is 11.8 Å². The van der Waals surface area contributed by atoms with Gasteiger partial charge in [-0.15, -0.1) is 10.2 Å². The first-order valence-electron chi connectivity index (χ1n) is 10.4. The molecule has 1 aromatic heterocycles. The van der Waals surface area contributed by atoms with Crippen molar-refractivity contribution in [2.45, 2.75) is 37.2 Å². The number of nitrogens with zero attached hydrogens (tertiary/aromatic N) is 2. The number of rotatable bonds is 7. The minimum absolute atomic E-state index is 0.00388. The van der Waals surface area contributed by atoms with E-state index in [9.17, 15) is 13.2 Å². The van der Waals surface area contributed by atoms with Crippen LogP contribution in [0.15, 0.2) is 58.2 Å². The Morgan fingerprint density at radius 2 is 1.97 bits per heavy atom. The third-order valence-corrected chi connectivity index (χ3v) is 8.37. The van der Waals surface area contributed by atoms with Gasteiger partial charge in [-0.1, -0.05) is 42.5 Å². The maximum absolute atomic E-state index is 13.2. The smallest absolute Gasteiger partial charge is 0.277 e. The molecule has 1 saturated heterocycles. The Hall–Kier alpha value is -2.65. The van der Waals surface area contributed by atoms with Crippen molar-refractivity contribution in [2.24, 2.45) is 5.92 Å². The number of hydrogen-bond donors (Lipinski definition) is 1. The van der Waals surface area contributed by atoms with Gasteiger partial charge in [0.05, 0.1) is 11.5 Å². The number of aromatic nitrogens is 2. The van der Waals surface area contributed by atoms with E-state index in [-0.39, 0.29) is 28.6 Å². The molecule has 3 aromatic rings. The summed E-state index contributed by atoms with van der Waals surface area (Å²) in [5.74, 6) is 0.578. The fourth-order valence-electron chi connectivity index (χ4n) is 3.72. The van der Waals surface area contributed by atoms with Crippen LogP contribution in [0.3, 0.4) is 0 Å². The lowest BCUT2D eigenvalue weighted by Gasteiger charge is -2.16. The van der Waals surface area contributed by atoms with Crippen LogP contribution in [-0.4, -0.2) is 36.0 Å². The van der Waals surface area contributed by atoms with Crippen LogP contribution in [0.25, 0.3) is 0 Å². The van der Waals surface area contributed by atoms with Crippen molar-refractivity contribution in [3.63, 3.8) is 0 Å². The summed E-state index contributed by atoms with van der Waals surface area (Å²) in [4.78, 5) is 13.2. The molecule has 0 unspecified atom stereocenters. The molecular formula is C23H25N3O4S2. The molecular weight excluding hydrogens is 446 g/mol. The van der Waals surface area contributed by atoms with E-state index in [2.05, 4.69) is 15.5 Å². The highest BCUT2D eigenvalue weighted by Crippen LogP contribution is 2.36. The highest BCUT2D eigenvalue weighted by molar-refractivity contribution is 8.00. The number of thioether (sulfide) groups is 1. The number of carbonyl (C=O) groups excluding carboxylic acids is 1. The van der Waals surface area contributed by atoms with Crippen LogP contribution in [0.4, 0.5) is 5.69 Å². The predicted molar refractivity (Wildman–Crippen MR) is 124 cm³/mol. The highest BCUT2D eigenvalue weighted by Gasteiger charge is 2.30. The highest BCUT2D eigenvalue weighted by atomic mass is 32.2. The minimum atomic E-state index is -2.96. The van der Waals surface area contributed by atoms with Crippen LogP contribution >= 0.6 is 11.8 Å². The number of amides is 1. The van der Waals surface area contributed by atoms with E-state index in [1.54, 1.807) is 0 Å². The summed E-state index contributed by atoms with van der Waals surface area (Å²) in [6, 6.07) is 15.4. The van der Waals surface area contributed by atoms with Crippen molar-refractivity contribution < 1.29 is 17.6 Å². The largest absolute Gasteiger partial charge is 0.416 e. The fraction of sp³-hybridized carbons (Fsp3) is 0.348. The van der Waals surface area contributed by atoms with Crippen LogP contribution in [0, 0.1) is 19.8 Å². The molecule has 0 spiro atoms. The maximum Gasteiger partial charge on any atom is 0.277 e. The number of hydrogen-bond acceptors (Lipinski definition) is 7. The van der Waals surface area contributed by atoms with Gasteiger partial charge in [-0.05, 0) is 60.7 Å². The predicted octanol–water partition coefficient (Wildman–Crippen LogP) is 4.14. The van der Waals surface area contributed by atoms with Crippen molar-refractivity contribution in [3.8, 4) is 0 Å². The Bertz CT molecular complexity index is 1210. The fourth-order valence-corrected chi connectivity index (χ4v) is 6.47. The third kappa shape index (κ3) is 5.58. The van der Waals surface area contributed by atoms with Crippen molar-refractivity contribution in [3.05, 3.63) is 71.1 Å². The number of sulfone groups is 1. The van der Waals surface area contributed by atoms with E-state index in [1.807, 2.05) is 62.4 Å². The second-order valence-corrected chi connectivity index (χ2v) is 11.4. The van der Waals surface area contributed by atoms with Crippen molar-refractivity contribution >= 4 is 33.2 Å². The normalized spacial score (nSPS) is 18.4. The molecule has 9 heteroatoms. The summed E-state index contributed by atoms with van der Waals surface area (Å²) in [5.41, 5.74) is 3.63. The van der Waals surface area contributed by atoms with Gasteiger partial charge in [-0.25, -0.2) is 8.42 Å². The summed E-state index contributed by atoms with van der Waals surface area (Å²) in [6.45, 7) is 3.93. The molecule has 1 N–H and O–H groups in total. The van der Waals surface area contributed by atoms with Crippen LogP contribution < -0.4 is 5.32 Å². The first-order valence-corrected chi connectivity index (χ1v) is 13.1. The Labute approximate surface area is 191 Å². The lowest BCUT2D eigenvalue weighted by Crippen LogP contribution is -2.19. The first-order chi connectivity index (χ1) is 15.3. The number of nitrogens with one attached hydrogen (secondary N) is 1. The van der Waals surface area contributed by atoms with E-state index in [0.29, 0.717) is 18.7 Å². The third-order valence-electron chi connectivity index (χ3n) is 5.45. The second kappa shape index (κ2) is 9.46. The monoisotopic (exact) mass is 471 g/mol. The summed E-state index contributed by atoms with van der Waals surface area (Å²) >= 11 is 1.19. The van der Waals surface area contributed by atoms with Crippen molar-refractivity contribution in [1.82, 2.24) is 10.2 Å². The summed E-state index contributed by atoms with van der Waals surface area (Å²) in [6.07, 6.45) is 1.04.